The molecule has 0 spiro atoms. The molecule has 0 bridgehead atoms. The monoisotopic (exact) mass is 570 g/mol. The van der Waals surface area contributed by atoms with Gasteiger partial charge in [0.25, 0.3) is 11.8 Å². The van der Waals surface area contributed by atoms with Crippen LogP contribution >= 0.6 is 34.5 Å². The fourth-order valence-electron chi connectivity index (χ4n) is 4.72. The van der Waals surface area contributed by atoms with Gasteiger partial charge in [-0.3, -0.25) is 14.5 Å². The topological polar surface area (TPSA) is 65.5 Å². The van der Waals surface area contributed by atoms with E-state index in [4.69, 9.17) is 33.0 Å². The summed E-state index contributed by atoms with van der Waals surface area (Å²) >= 11 is 14.4. The zero-order valence-electron chi connectivity index (χ0n) is 20.8. The average Bonchev–Trinajstić information content (AvgIpc) is 3.63. The van der Waals surface area contributed by atoms with Crippen LogP contribution in [0.15, 0.2) is 71.1 Å². The van der Waals surface area contributed by atoms with Crippen molar-refractivity contribution >= 4 is 52.1 Å². The molecule has 5 rings (SSSR count). The smallest absolute Gasteiger partial charge is 0.264 e. The predicted octanol–water partition coefficient (Wildman–Crippen LogP) is 5.21. The average molecular weight is 572 g/mol. The van der Waals surface area contributed by atoms with Crippen LogP contribution < -0.4 is 0 Å². The molecule has 1 unspecified atom stereocenters. The quantitative estimate of drug-likeness (QED) is 0.373. The molecule has 0 N–H and O–H groups in total. The Kier molecular flexibility index (Phi) is 8.76. The highest BCUT2D eigenvalue weighted by atomic mass is 35.5. The number of hydrazone groups is 1. The molecule has 1 saturated heterocycles. The Hall–Kier alpha value is -2.75. The van der Waals surface area contributed by atoms with E-state index in [2.05, 4.69) is 4.90 Å². The number of carbonyl (C=O) groups excluding carboxylic acids is 2. The van der Waals surface area contributed by atoms with Gasteiger partial charge in [0.15, 0.2) is 0 Å². The van der Waals surface area contributed by atoms with E-state index in [0.717, 1.165) is 24.2 Å². The molecule has 0 aliphatic carbocycles. The van der Waals surface area contributed by atoms with Crippen molar-refractivity contribution in [3.8, 4) is 0 Å². The SMILES string of the molecule is O=C(c1cccs1)N(CCN1CCOCC1)CC(=O)N1N=C(c2ccccc2Cl)CC1c1ccccc1Cl. The lowest BCUT2D eigenvalue weighted by molar-refractivity contribution is -0.133. The number of rotatable bonds is 8. The van der Waals surface area contributed by atoms with Gasteiger partial charge in [-0.05, 0) is 29.1 Å². The highest BCUT2D eigenvalue weighted by Gasteiger charge is 2.36. The largest absolute Gasteiger partial charge is 0.379 e. The highest BCUT2D eigenvalue weighted by Crippen LogP contribution is 2.37. The zero-order valence-corrected chi connectivity index (χ0v) is 23.1. The van der Waals surface area contributed by atoms with E-state index in [1.54, 1.807) is 11.0 Å². The van der Waals surface area contributed by atoms with Gasteiger partial charge in [-0.25, -0.2) is 5.01 Å². The second-order valence-electron chi connectivity index (χ2n) is 9.16. The summed E-state index contributed by atoms with van der Waals surface area (Å²) in [6.07, 6.45) is 0.464. The molecular weight excluding hydrogens is 543 g/mol. The number of morpholine rings is 1. The number of hydrogen-bond donors (Lipinski definition) is 0. The lowest BCUT2D eigenvalue weighted by Gasteiger charge is -2.31. The third-order valence-corrected chi connectivity index (χ3v) is 8.28. The molecule has 0 radical (unpaired) electrons. The van der Waals surface area contributed by atoms with E-state index in [1.165, 1.54) is 16.3 Å². The molecule has 198 valence electrons. The number of benzene rings is 2. The van der Waals surface area contributed by atoms with Gasteiger partial charge in [-0.15, -0.1) is 11.3 Å². The maximum Gasteiger partial charge on any atom is 0.264 e. The minimum atomic E-state index is -0.402. The number of hydrogen-bond acceptors (Lipinski definition) is 6. The molecule has 2 aliphatic rings. The lowest BCUT2D eigenvalue weighted by Crippen LogP contribution is -2.46. The first-order valence-electron chi connectivity index (χ1n) is 12.5. The number of nitrogens with zero attached hydrogens (tertiary/aromatic N) is 4. The van der Waals surface area contributed by atoms with Crippen molar-refractivity contribution in [1.82, 2.24) is 14.8 Å². The first-order valence-corrected chi connectivity index (χ1v) is 14.2. The van der Waals surface area contributed by atoms with Crippen molar-refractivity contribution in [1.29, 1.82) is 0 Å². The Balaban J connectivity index is 1.41. The van der Waals surface area contributed by atoms with E-state index in [1.807, 2.05) is 60.0 Å². The summed E-state index contributed by atoms with van der Waals surface area (Å²) in [7, 11) is 0. The van der Waals surface area contributed by atoms with Crippen LogP contribution in [0.4, 0.5) is 0 Å². The molecule has 1 fully saturated rings. The molecule has 0 saturated carbocycles. The zero-order chi connectivity index (χ0) is 26.5. The minimum absolute atomic E-state index is 0.0959. The van der Waals surface area contributed by atoms with Crippen LogP contribution in [0.1, 0.15) is 33.3 Å². The maximum absolute atomic E-state index is 13.9. The van der Waals surface area contributed by atoms with Crippen LogP contribution in [0.25, 0.3) is 0 Å². The summed E-state index contributed by atoms with van der Waals surface area (Å²) in [4.78, 5) is 31.7. The van der Waals surface area contributed by atoms with Gasteiger partial charge in [0, 0.05) is 48.2 Å². The normalized spacial score (nSPS) is 17.9. The molecule has 3 aromatic rings. The standard InChI is InChI=1S/C28H28Cl2N4O3S/c29-22-8-3-1-6-20(22)24-18-25(21-7-2-4-9-23(21)30)34(31-24)27(35)19-33(28(36)26-10-5-17-38-26)12-11-32-13-15-37-16-14-32/h1-10,17,25H,11-16,18-19H2. The molecule has 38 heavy (non-hydrogen) atoms. The van der Waals surface area contributed by atoms with Gasteiger partial charge in [-0.2, -0.15) is 5.10 Å². The van der Waals surface area contributed by atoms with Crippen molar-refractivity contribution in [3.63, 3.8) is 0 Å². The van der Waals surface area contributed by atoms with Gasteiger partial charge in [0.2, 0.25) is 0 Å². The van der Waals surface area contributed by atoms with Gasteiger partial charge < -0.3 is 9.64 Å². The molecule has 1 aromatic heterocycles. The summed E-state index contributed by atoms with van der Waals surface area (Å²) in [5.41, 5.74) is 2.29. The minimum Gasteiger partial charge on any atom is -0.379 e. The number of halogens is 2. The second-order valence-corrected chi connectivity index (χ2v) is 10.9. The first-order chi connectivity index (χ1) is 18.5. The van der Waals surface area contributed by atoms with Crippen LogP contribution in [0.3, 0.4) is 0 Å². The van der Waals surface area contributed by atoms with Crippen LogP contribution in [-0.4, -0.2) is 78.3 Å². The van der Waals surface area contributed by atoms with Crippen molar-refractivity contribution in [3.05, 3.63) is 92.1 Å². The highest BCUT2D eigenvalue weighted by molar-refractivity contribution is 7.12. The van der Waals surface area contributed by atoms with Crippen molar-refractivity contribution < 1.29 is 14.3 Å². The molecule has 7 nitrogen and oxygen atoms in total. The Labute approximate surface area is 236 Å². The fraction of sp³-hybridized carbons (Fsp3) is 0.321. The third-order valence-electron chi connectivity index (χ3n) is 6.75. The van der Waals surface area contributed by atoms with Crippen molar-refractivity contribution in [2.45, 2.75) is 12.5 Å². The predicted molar refractivity (Wildman–Crippen MR) is 151 cm³/mol. The van der Waals surface area contributed by atoms with E-state index >= 15 is 0 Å². The number of carbonyl (C=O) groups is 2. The second kappa shape index (κ2) is 12.4. The molecule has 3 heterocycles. The summed E-state index contributed by atoms with van der Waals surface area (Å²) < 4.78 is 5.45. The van der Waals surface area contributed by atoms with Crippen LogP contribution in [0.2, 0.25) is 10.0 Å². The molecule has 1 atom stereocenters. The summed E-state index contributed by atoms with van der Waals surface area (Å²) in [6, 6.07) is 18.2. The fourth-order valence-corrected chi connectivity index (χ4v) is 5.91. The van der Waals surface area contributed by atoms with Crippen molar-refractivity contribution in [2.75, 3.05) is 45.9 Å². The van der Waals surface area contributed by atoms with Gasteiger partial charge in [-0.1, -0.05) is 65.7 Å². The Morgan fingerprint density at radius 2 is 1.74 bits per heavy atom. The van der Waals surface area contributed by atoms with Gasteiger partial charge in [0.1, 0.15) is 6.54 Å². The van der Waals surface area contributed by atoms with Gasteiger partial charge >= 0.3 is 0 Å². The summed E-state index contributed by atoms with van der Waals surface area (Å²) in [6.45, 7) is 3.95. The number of thiophene rings is 1. The van der Waals surface area contributed by atoms with Crippen molar-refractivity contribution in [2.24, 2.45) is 5.10 Å². The molecular formula is C28H28Cl2N4O3S. The van der Waals surface area contributed by atoms with E-state index < -0.39 is 6.04 Å². The number of amides is 2. The van der Waals surface area contributed by atoms with E-state index in [0.29, 0.717) is 53.4 Å². The maximum atomic E-state index is 13.9. The van der Waals surface area contributed by atoms with E-state index in [-0.39, 0.29) is 18.4 Å². The molecule has 2 aromatic carbocycles. The van der Waals surface area contributed by atoms with Gasteiger partial charge in [0.05, 0.1) is 29.8 Å². The lowest BCUT2D eigenvalue weighted by atomic mass is 9.98. The van der Waals surface area contributed by atoms with E-state index in [9.17, 15) is 9.59 Å². The summed E-state index contributed by atoms with van der Waals surface area (Å²) in [5.74, 6) is -0.436. The molecule has 2 aliphatic heterocycles. The first kappa shape index (κ1) is 26.8. The summed E-state index contributed by atoms with van der Waals surface area (Å²) in [5, 5.41) is 9.21. The molecule has 2 amide bonds. The van der Waals surface area contributed by atoms with Crippen LogP contribution in [-0.2, 0) is 9.53 Å². The van der Waals surface area contributed by atoms with Crippen LogP contribution in [0, 0.1) is 0 Å². The molecule has 10 heteroatoms. The Morgan fingerprint density at radius 3 is 2.45 bits per heavy atom. The van der Waals surface area contributed by atoms with Crippen LogP contribution in [0.5, 0.6) is 0 Å². The number of ether oxygens (including phenoxy) is 1. The Bertz CT molecular complexity index is 1310. The third kappa shape index (κ3) is 6.11. The Morgan fingerprint density at radius 1 is 1.00 bits per heavy atom.